The van der Waals surface area contributed by atoms with E-state index in [2.05, 4.69) is 38.6 Å². The van der Waals surface area contributed by atoms with E-state index in [1.165, 1.54) is 16.8 Å². The van der Waals surface area contributed by atoms with E-state index in [9.17, 15) is 9.59 Å². The SMILES string of the molecule is Cc1ccc(C(=O)N=C2Cc3ccc(CN4CCNCC4)cc3N2C2CCC(C(=O)NC(C)C)CC2)cc1. The van der Waals surface area contributed by atoms with E-state index in [1.54, 1.807) is 0 Å². The van der Waals surface area contributed by atoms with Crippen molar-refractivity contribution in [3.8, 4) is 0 Å². The van der Waals surface area contributed by atoms with E-state index in [4.69, 9.17) is 4.99 Å². The summed E-state index contributed by atoms with van der Waals surface area (Å²) in [5, 5.41) is 6.51. The second-order valence-electron chi connectivity index (χ2n) is 11.4. The summed E-state index contributed by atoms with van der Waals surface area (Å²) < 4.78 is 0. The van der Waals surface area contributed by atoms with Crippen molar-refractivity contribution in [2.75, 3.05) is 31.1 Å². The van der Waals surface area contributed by atoms with Crippen molar-refractivity contribution in [3.63, 3.8) is 0 Å². The van der Waals surface area contributed by atoms with Crippen LogP contribution in [0.1, 0.15) is 66.6 Å². The zero-order valence-electron chi connectivity index (χ0n) is 23.0. The molecule has 1 saturated heterocycles. The van der Waals surface area contributed by atoms with Crippen molar-refractivity contribution in [3.05, 3.63) is 64.7 Å². The molecule has 2 fully saturated rings. The van der Waals surface area contributed by atoms with Crippen LogP contribution in [0.25, 0.3) is 0 Å². The molecule has 0 aromatic heterocycles. The molecule has 2 heterocycles. The van der Waals surface area contributed by atoms with Gasteiger partial charge in [0.05, 0.1) is 0 Å². The highest BCUT2D eigenvalue weighted by atomic mass is 16.2. The van der Waals surface area contributed by atoms with E-state index < -0.39 is 0 Å². The quantitative estimate of drug-likeness (QED) is 0.606. The Kier molecular flexibility index (Phi) is 8.24. The van der Waals surface area contributed by atoms with Crippen LogP contribution in [0, 0.1) is 12.8 Å². The minimum Gasteiger partial charge on any atom is -0.354 e. The van der Waals surface area contributed by atoms with Gasteiger partial charge < -0.3 is 15.5 Å². The summed E-state index contributed by atoms with van der Waals surface area (Å²) in [5.74, 6) is 0.871. The summed E-state index contributed by atoms with van der Waals surface area (Å²) in [5.41, 5.74) is 5.45. The molecule has 202 valence electrons. The average Bonchev–Trinajstić information content (AvgIpc) is 3.26. The predicted octanol–water partition coefficient (Wildman–Crippen LogP) is 4.09. The van der Waals surface area contributed by atoms with E-state index in [0.717, 1.165) is 69.8 Å². The minimum absolute atomic E-state index is 0.0596. The molecule has 0 spiro atoms. The highest BCUT2D eigenvalue weighted by Gasteiger charge is 2.36. The van der Waals surface area contributed by atoms with Crippen molar-refractivity contribution in [2.24, 2.45) is 10.9 Å². The standard InChI is InChI=1S/C31H41N5O2/c1-21(2)33-30(37)25-10-12-27(13-11-25)36-28-18-23(20-35-16-14-32-15-17-35)6-9-26(28)19-29(36)34-31(38)24-7-4-22(3)5-8-24/h4-9,18,21,25,27,32H,10-17,19-20H2,1-3H3,(H,33,37). The first-order chi connectivity index (χ1) is 18.4. The number of nitrogens with zero attached hydrogens (tertiary/aromatic N) is 3. The number of anilines is 1. The largest absolute Gasteiger partial charge is 0.354 e. The first-order valence-electron chi connectivity index (χ1n) is 14.2. The Morgan fingerprint density at radius 3 is 2.42 bits per heavy atom. The van der Waals surface area contributed by atoms with Crippen LogP contribution in [0.2, 0.25) is 0 Å². The van der Waals surface area contributed by atoms with Gasteiger partial charge in [-0.3, -0.25) is 14.5 Å². The van der Waals surface area contributed by atoms with Gasteiger partial charge >= 0.3 is 0 Å². The summed E-state index contributed by atoms with van der Waals surface area (Å²) in [6.07, 6.45) is 4.20. The third-order valence-electron chi connectivity index (χ3n) is 8.04. The van der Waals surface area contributed by atoms with Crippen LogP contribution in [-0.4, -0.2) is 60.8 Å². The maximum Gasteiger partial charge on any atom is 0.278 e. The average molecular weight is 516 g/mol. The Bertz CT molecular complexity index is 1180. The van der Waals surface area contributed by atoms with Gasteiger partial charge in [-0.2, -0.15) is 4.99 Å². The number of aryl methyl sites for hydroxylation is 1. The summed E-state index contributed by atoms with van der Waals surface area (Å²) in [4.78, 5) is 35.4. The fourth-order valence-corrected chi connectivity index (χ4v) is 5.98. The van der Waals surface area contributed by atoms with Crippen LogP contribution in [0.3, 0.4) is 0 Å². The number of piperazine rings is 1. The Hall–Kier alpha value is -3.03. The predicted molar refractivity (Wildman–Crippen MR) is 153 cm³/mol. The number of carbonyl (C=O) groups excluding carboxylic acids is 2. The lowest BCUT2D eigenvalue weighted by atomic mass is 9.84. The van der Waals surface area contributed by atoms with Gasteiger partial charge in [0.25, 0.3) is 5.91 Å². The molecule has 2 amide bonds. The number of amidine groups is 1. The van der Waals surface area contributed by atoms with Gasteiger partial charge in [0.2, 0.25) is 5.91 Å². The minimum atomic E-state index is -0.191. The number of aliphatic imine (C=N–C) groups is 1. The van der Waals surface area contributed by atoms with Crippen LogP contribution in [0.4, 0.5) is 5.69 Å². The molecule has 7 heteroatoms. The highest BCUT2D eigenvalue weighted by molar-refractivity contribution is 6.12. The Morgan fingerprint density at radius 2 is 1.74 bits per heavy atom. The van der Waals surface area contributed by atoms with Gasteiger partial charge in [-0.1, -0.05) is 29.8 Å². The summed E-state index contributed by atoms with van der Waals surface area (Å²) in [6, 6.07) is 14.8. The van der Waals surface area contributed by atoms with Gasteiger partial charge in [0.15, 0.2) is 0 Å². The first kappa shape index (κ1) is 26.6. The molecular weight excluding hydrogens is 474 g/mol. The molecule has 7 nitrogen and oxygen atoms in total. The van der Waals surface area contributed by atoms with Crippen molar-refractivity contribution in [1.29, 1.82) is 0 Å². The van der Waals surface area contributed by atoms with E-state index in [0.29, 0.717) is 12.0 Å². The number of nitrogens with one attached hydrogen (secondary N) is 2. The molecule has 2 aliphatic heterocycles. The lowest BCUT2D eigenvalue weighted by Crippen LogP contribution is -2.44. The number of amides is 2. The van der Waals surface area contributed by atoms with Gasteiger partial charge in [-0.15, -0.1) is 0 Å². The van der Waals surface area contributed by atoms with Crippen LogP contribution >= 0.6 is 0 Å². The van der Waals surface area contributed by atoms with Crippen LogP contribution in [0.5, 0.6) is 0 Å². The highest BCUT2D eigenvalue weighted by Crippen LogP contribution is 2.38. The zero-order valence-corrected chi connectivity index (χ0v) is 23.0. The van der Waals surface area contributed by atoms with Crippen LogP contribution < -0.4 is 15.5 Å². The molecule has 2 N–H and O–H groups in total. The summed E-state index contributed by atoms with van der Waals surface area (Å²) in [7, 11) is 0. The molecule has 2 aromatic carbocycles. The number of hydrogen-bond acceptors (Lipinski definition) is 4. The first-order valence-corrected chi connectivity index (χ1v) is 14.2. The second kappa shape index (κ2) is 11.8. The van der Waals surface area contributed by atoms with Crippen molar-refractivity contribution in [1.82, 2.24) is 15.5 Å². The molecule has 38 heavy (non-hydrogen) atoms. The molecule has 0 bridgehead atoms. The van der Waals surface area contributed by atoms with Gasteiger partial charge in [-0.05, 0) is 75.8 Å². The normalized spacial score (nSPS) is 23.1. The number of benzene rings is 2. The van der Waals surface area contributed by atoms with Crippen LogP contribution in [-0.2, 0) is 17.8 Å². The summed E-state index contributed by atoms with van der Waals surface area (Å²) >= 11 is 0. The summed E-state index contributed by atoms with van der Waals surface area (Å²) in [6.45, 7) is 11.1. The van der Waals surface area contributed by atoms with Crippen molar-refractivity contribution >= 4 is 23.3 Å². The Labute approximate surface area is 226 Å². The fraction of sp³-hybridized carbons (Fsp3) is 0.516. The van der Waals surface area contributed by atoms with Gasteiger partial charge in [0.1, 0.15) is 5.84 Å². The molecule has 3 aliphatic rings. The Balaban J connectivity index is 1.39. The molecule has 1 aliphatic carbocycles. The molecular formula is C31H41N5O2. The third kappa shape index (κ3) is 6.16. The number of carbonyl (C=O) groups is 2. The van der Waals surface area contributed by atoms with Crippen LogP contribution in [0.15, 0.2) is 47.5 Å². The zero-order chi connectivity index (χ0) is 26.6. The van der Waals surface area contributed by atoms with Gasteiger partial charge in [0, 0.05) is 68.4 Å². The monoisotopic (exact) mass is 515 g/mol. The smallest absolute Gasteiger partial charge is 0.278 e. The molecule has 0 radical (unpaired) electrons. The molecule has 0 atom stereocenters. The van der Waals surface area contributed by atoms with Crippen molar-refractivity contribution < 1.29 is 9.59 Å². The van der Waals surface area contributed by atoms with E-state index in [1.807, 2.05) is 45.0 Å². The number of rotatable bonds is 6. The topological polar surface area (TPSA) is 77.0 Å². The Morgan fingerprint density at radius 1 is 1.03 bits per heavy atom. The lowest BCUT2D eigenvalue weighted by molar-refractivity contribution is -0.126. The molecule has 5 rings (SSSR count). The number of fused-ring (bicyclic) bond motifs is 1. The molecule has 1 saturated carbocycles. The molecule has 2 aromatic rings. The number of hydrogen-bond donors (Lipinski definition) is 2. The maximum absolute atomic E-state index is 13.2. The molecule has 0 unspecified atom stereocenters. The third-order valence-corrected chi connectivity index (χ3v) is 8.04. The van der Waals surface area contributed by atoms with E-state index in [-0.39, 0.29) is 29.8 Å². The second-order valence-corrected chi connectivity index (χ2v) is 11.4. The fourth-order valence-electron chi connectivity index (χ4n) is 5.98. The maximum atomic E-state index is 13.2. The van der Waals surface area contributed by atoms with Crippen molar-refractivity contribution in [2.45, 2.75) is 71.5 Å². The van der Waals surface area contributed by atoms with Gasteiger partial charge in [-0.25, -0.2) is 0 Å². The lowest BCUT2D eigenvalue weighted by Gasteiger charge is -2.36. The van der Waals surface area contributed by atoms with E-state index >= 15 is 0 Å².